The Bertz CT molecular complexity index is 35.3. The van der Waals surface area contributed by atoms with Gasteiger partial charge in [0.25, 0.3) is 0 Å². The molecular formula is C4H10Se2. The van der Waals surface area contributed by atoms with Crippen molar-refractivity contribution in [2.45, 2.75) is 25.1 Å². The molecule has 38 valence electrons. The van der Waals surface area contributed by atoms with Crippen LogP contribution in [-0.4, -0.2) is 27.3 Å². The van der Waals surface area contributed by atoms with Crippen molar-refractivity contribution in [3.8, 4) is 0 Å². The Balaban J connectivity index is 3.17. The van der Waals surface area contributed by atoms with Gasteiger partial charge < -0.3 is 0 Å². The van der Waals surface area contributed by atoms with Gasteiger partial charge in [-0.15, -0.1) is 0 Å². The fraction of sp³-hybridized carbons (Fsp3) is 1.00. The van der Waals surface area contributed by atoms with Crippen LogP contribution in [0.4, 0.5) is 0 Å². The van der Waals surface area contributed by atoms with Crippen molar-refractivity contribution in [2.75, 3.05) is 0 Å². The number of hydrogen-bond acceptors (Lipinski definition) is 0. The first-order chi connectivity index (χ1) is 2.56. The van der Waals surface area contributed by atoms with Crippen LogP contribution in [-0.2, 0) is 0 Å². The average Bonchev–Trinajstić information content (AvgIpc) is 1.35. The number of rotatable bonds is 0. The summed E-state index contributed by atoms with van der Waals surface area (Å²) in [6, 6.07) is 0. The molecule has 0 spiro atoms. The molecule has 0 rings (SSSR count). The molecule has 0 aliphatic carbocycles. The van der Waals surface area contributed by atoms with Crippen molar-refractivity contribution in [2.24, 2.45) is 0 Å². The molecule has 0 fully saturated rings. The van der Waals surface area contributed by atoms with Crippen molar-refractivity contribution < 1.29 is 0 Å². The van der Waals surface area contributed by atoms with E-state index in [-0.39, 0.29) is 0 Å². The molecule has 0 amide bonds. The van der Waals surface area contributed by atoms with Crippen LogP contribution in [0.15, 0.2) is 0 Å². The van der Waals surface area contributed by atoms with Gasteiger partial charge in [-0.2, -0.15) is 0 Å². The summed E-state index contributed by atoms with van der Waals surface area (Å²) in [4.78, 5) is 0. The van der Waals surface area contributed by atoms with Gasteiger partial charge in [0, 0.05) is 0 Å². The first kappa shape index (κ1) is 7.04. The average molecular weight is 216 g/mol. The Morgan fingerprint density at radius 1 is 1.33 bits per heavy atom. The molecule has 0 unspecified atom stereocenters. The van der Waals surface area contributed by atoms with E-state index >= 15 is 0 Å². The molecular weight excluding hydrogens is 206 g/mol. The molecule has 0 saturated carbocycles. The molecule has 0 aliphatic heterocycles. The van der Waals surface area contributed by atoms with E-state index in [9.17, 15) is 0 Å². The van der Waals surface area contributed by atoms with Crippen molar-refractivity contribution >= 4 is 27.3 Å². The summed E-state index contributed by atoms with van der Waals surface area (Å²) < 4.78 is 0.576. The van der Waals surface area contributed by atoms with E-state index in [1.54, 1.807) is 0 Å². The molecule has 0 aromatic rings. The predicted octanol–water partition coefficient (Wildman–Crippen LogP) is 0.725. The zero-order valence-electron chi connectivity index (χ0n) is 4.36. The second-order valence-electron chi connectivity index (χ2n) is 2.20. The number of hydrogen-bond donors (Lipinski definition) is 0. The Kier molecular flexibility index (Phi) is 2.78. The van der Waals surface area contributed by atoms with E-state index in [2.05, 4.69) is 35.0 Å². The SMILES string of the molecule is CC(C)(C)[Se][SeH]. The summed E-state index contributed by atoms with van der Waals surface area (Å²) >= 11 is 3.41. The first-order valence-corrected chi connectivity index (χ1v) is 7.49. The van der Waals surface area contributed by atoms with Crippen LogP contribution in [0.5, 0.6) is 0 Å². The summed E-state index contributed by atoms with van der Waals surface area (Å²) in [6.45, 7) is 6.77. The molecule has 0 radical (unpaired) electrons. The van der Waals surface area contributed by atoms with Crippen LogP contribution in [0, 0.1) is 0 Å². The van der Waals surface area contributed by atoms with E-state index in [1.165, 1.54) is 0 Å². The minimum absolute atomic E-state index is 0.576. The Morgan fingerprint density at radius 3 is 1.50 bits per heavy atom. The molecule has 6 heavy (non-hydrogen) atoms. The summed E-state index contributed by atoms with van der Waals surface area (Å²) in [5, 5.41) is 0. The van der Waals surface area contributed by atoms with Gasteiger partial charge >= 0.3 is 52.4 Å². The van der Waals surface area contributed by atoms with Crippen LogP contribution in [0.3, 0.4) is 0 Å². The second kappa shape index (κ2) is 2.37. The van der Waals surface area contributed by atoms with Gasteiger partial charge in [0.2, 0.25) is 0 Å². The quantitative estimate of drug-likeness (QED) is 0.523. The van der Waals surface area contributed by atoms with Gasteiger partial charge in [-0.25, -0.2) is 0 Å². The van der Waals surface area contributed by atoms with Crippen LogP contribution in [0.2, 0.25) is 4.31 Å². The zero-order chi connectivity index (χ0) is 5.21. The molecule has 0 atom stereocenters. The van der Waals surface area contributed by atoms with E-state index in [1.807, 2.05) is 0 Å². The second-order valence-corrected chi connectivity index (χ2v) is 7.15. The Morgan fingerprint density at radius 2 is 1.50 bits per heavy atom. The van der Waals surface area contributed by atoms with Gasteiger partial charge in [-0.3, -0.25) is 0 Å². The summed E-state index contributed by atoms with van der Waals surface area (Å²) in [5.41, 5.74) is 0. The molecule has 0 aliphatic rings. The molecule has 0 bridgehead atoms. The molecule has 0 saturated heterocycles. The summed E-state index contributed by atoms with van der Waals surface area (Å²) in [6.07, 6.45) is 0. The summed E-state index contributed by atoms with van der Waals surface area (Å²) in [7, 11) is 0. The van der Waals surface area contributed by atoms with Gasteiger partial charge in [-0.05, 0) is 0 Å². The third kappa shape index (κ3) is 5.04. The minimum atomic E-state index is 0.576. The van der Waals surface area contributed by atoms with E-state index < -0.39 is 0 Å². The Hall–Kier alpha value is 1.04. The van der Waals surface area contributed by atoms with Gasteiger partial charge in [0.05, 0.1) is 0 Å². The van der Waals surface area contributed by atoms with Crippen LogP contribution < -0.4 is 0 Å². The Labute approximate surface area is 52.6 Å². The van der Waals surface area contributed by atoms with Crippen molar-refractivity contribution in [3.05, 3.63) is 0 Å². The fourth-order valence-electron chi connectivity index (χ4n) is 0. The molecule has 0 aromatic carbocycles. The van der Waals surface area contributed by atoms with Gasteiger partial charge in [0.15, 0.2) is 0 Å². The van der Waals surface area contributed by atoms with Crippen molar-refractivity contribution in [3.63, 3.8) is 0 Å². The zero-order valence-corrected chi connectivity index (χ0v) is 7.95. The van der Waals surface area contributed by atoms with Crippen molar-refractivity contribution in [1.29, 1.82) is 0 Å². The van der Waals surface area contributed by atoms with Gasteiger partial charge in [-0.1, -0.05) is 0 Å². The molecule has 0 N–H and O–H groups in total. The first-order valence-electron chi connectivity index (χ1n) is 1.89. The predicted molar refractivity (Wildman–Crippen MR) is 32.6 cm³/mol. The molecule has 0 nitrogen and oxygen atoms in total. The van der Waals surface area contributed by atoms with Crippen molar-refractivity contribution in [1.82, 2.24) is 0 Å². The topological polar surface area (TPSA) is 0 Å². The molecule has 0 aromatic heterocycles. The summed E-state index contributed by atoms with van der Waals surface area (Å²) in [5.74, 6) is 0. The monoisotopic (exact) mass is 218 g/mol. The maximum absolute atomic E-state index is 2.66. The third-order valence-corrected chi connectivity index (χ3v) is 7.39. The van der Waals surface area contributed by atoms with Crippen LogP contribution >= 0.6 is 0 Å². The third-order valence-electron chi connectivity index (χ3n) is 0.274. The molecule has 2 heteroatoms. The standard InChI is InChI=1S/C4H10Se2/c1-4(2,3)6-5/h5H,1-3H3. The van der Waals surface area contributed by atoms with Gasteiger partial charge in [0.1, 0.15) is 0 Å². The van der Waals surface area contributed by atoms with E-state index in [0.717, 1.165) is 13.1 Å². The maximum atomic E-state index is 2.66. The van der Waals surface area contributed by atoms with Crippen LogP contribution in [0.25, 0.3) is 0 Å². The normalized spacial score (nSPS) is 12.0. The van der Waals surface area contributed by atoms with E-state index in [4.69, 9.17) is 0 Å². The van der Waals surface area contributed by atoms with E-state index in [0.29, 0.717) is 4.31 Å². The fourth-order valence-corrected chi connectivity index (χ4v) is 0. The molecule has 0 heterocycles. The van der Waals surface area contributed by atoms with Crippen LogP contribution in [0.1, 0.15) is 20.8 Å².